The second-order valence-corrected chi connectivity index (χ2v) is 17.8. The van der Waals surface area contributed by atoms with Crippen LogP contribution in [-0.4, -0.2) is 113 Å². The van der Waals surface area contributed by atoms with Gasteiger partial charge in [0, 0.05) is 37.8 Å². The van der Waals surface area contributed by atoms with Crippen molar-refractivity contribution in [3.63, 3.8) is 0 Å². The lowest BCUT2D eigenvalue weighted by Crippen LogP contribution is -2.82. The molecule has 13 heteroatoms. The molecule has 0 radical (unpaired) electrons. The number of benzene rings is 3. The summed E-state index contributed by atoms with van der Waals surface area (Å²) >= 11 is 0. The van der Waals surface area contributed by atoms with Gasteiger partial charge in [0.05, 0.1) is 36.0 Å². The Hall–Kier alpha value is -5.21. The van der Waals surface area contributed by atoms with Crippen LogP contribution in [0.5, 0.6) is 0 Å². The van der Waals surface area contributed by atoms with Crippen LogP contribution in [0.15, 0.2) is 90.0 Å². The van der Waals surface area contributed by atoms with Gasteiger partial charge in [-0.3, -0.25) is 14.4 Å². The maximum atomic E-state index is 15.8. The van der Waals surface area contributed by atoms with E-state index in [0.29, 0.717) is 25.2 Å². The smallest absolute Gasteiger partial charge is 0.338 e. The first-order valence-corrected chi connectivity index (χ1v) is 21.4. The van der Waals surface area contributed by atoms with Gasteiger partial charge < -0.3 is 38.8 Å². The lowest BCUT2D eigenvalue weighted by atomic mass is 9.44. The number of ketones is 1. The van der Waals surface area contributed by atoms with Crippen molar-refractivity contribution in [3.05, 3.63) is 101 Å². The molecule has 2 N–H and O–H groups in total. The highest BCUT2D eigenvalue weighted by molar-refractivity contribution is 5.96. The minimum absolute atomic E-state index is 0.0756. The van der Waals surface area contributed by atoms with Crippen molar-refractivity contribution < 1.29 is 57.9 Å². The summed E-state index contributed by atoms with van der Waals surface area (Å²) < 4.78 is 31.0. The van der Waals surface area contributed by atoms with Gasteiger partial charge in [0.15, 0.2) is 17.5 Å². The van der Waals surface area contributed by atoms with Crippen LogP contribution in [0.1, 0.15) is 83.7 Å². The van der Waals surface area contributed by atoms with E-state index in [-0.39, 0.29) is 37.0 Å². The molecule has 2 bridgehead atoms. The first-order chi connectivity index (χ1) is 29.4. The Balaban J connectivity index is 1.40. The molecule has 0 amide bonds. The molecule has 13 nitrogen and oxygen atoms in total. The average Bonchev–Trinajstić information content (AvgIpc) is 3.24. The molecule has 9 atom stereocenters. The molecular formula is C49H57NO12. The van der Waals surface area contributed by atoms with Crippen LogP contribution >= 0.6 is 0 Å². The number of aliphatic hydroxyl groups is 2. The summed E-state index contributed by atoms with van der Waals surface area (Å²) in [5.41, 5.74) is -6.13. The first-order valence-electron chi connectivity index (χ1n) is 21.4. The van der Waals surface area contributed by atoms with Gasteiger partial charge in [-0.2, -0.15) is 0 Å². The van der Waals surface area contributed by atoms with Crippen molar-refractivity contribution in [1.82, 2.24) is 4.90 Å². The maximum absolute atomic E-state index is 15.8. The minimum Gasteiger partial charge on any atom is -0.455 e. The van der Waals surface area contributed by atoms with E-state index in [1.54, 1.807) is 45.0 Å². The van der Waals surface area contributed by atoms with Gasteiger partial charge in [0.25, 0.3) is 0 Å². The summed E-state index contributed by atoms with van der Waals surface area (Å²) in [5, 5.41) is 28.0. The summed E-state index contributed by atoms with van der Waals surface area (Å²) in [7, 11) is 0. The summed E-state index contributed by atoms with van der Waals surface area (Å²) in [6.45, 7) is 13.0. The van der Waals surface area contributed by atoms with Gasteiger partial charge >= 0.3 is 23.9 Å². The predicted octanol–water partition coefficient (Wildman–Crippen LogP) is 5.78. The Bertz CT molecular complexity index is 2300. The normalized spacial score (nSPS) is 31.3. The molecule has 3 fully saturated rings. The van der Waals surface area contributed by atoms with Crippen LogP contribution in [0.3, 0.4) is 0 Å². The molecule has 3 aliphatic carbocycles. The Morgan fingerprint density at radius 1 is 0.919 bits per heavy atom. The van der Waals surface area contributed by atoms with Crippen LogP contribution in [0.2, 0.25) is 0 Å². The van der Waals surface area contributed by atoms with Crippen molar-refractivity contribution in [2.45, 2.75) is 109 Å². The van der Waals surface area contributed by atoms with Gasteiger partial charge in [-0.15, -0.1) is 0 Å². The monoisotopic (exact) mass is 851 g/mol. The second kappa shape index (κ2) is 17.2. The number of aliphatic hydroxyl groups excluding tert-OH is 1. The molecule has 1 saturated heterocycles. The zero-order chi connectivity index (χ0) is 44.8. The molecule has 4 aliphatic rings. The number of Topliss-reactive ketones (excluding diaryl/α,β-unsaturated/α-hetero) is 1. The molecule has 1 aliphatic heterocycles. The number of fused-ring (bicyclic) bond motifs is 6. The van der Waals surface area contributed by atoms with E-state index in [1.807, 2.05) is 61.2 Å². The molecule has 0 aromatic heterocycles. The highest BCUT2D eigenvalue weighted by atomic mass is 16.6. The maximum Gasteiger partial charge on any atom is 0.338 e. The lowest BCUT2D eigenvalue weighted by molar-refractivity contribution is -0.346. The first kappa shape index (κ1) is 44.8. The molecule has 3 aromatic rings. The quantitative estimate of drug-likeness (QED) is 0.0972. The number of hydrogen-bond donors (Lipinski definition) is 2. The molecule has 0 spiro atoms. The summed E-state index contributed by atoms with van der Waals surface area (Å²) in [5.74, 6) is -5.27. The molecule has 3 aromatic carbocycles. The van der Waals surface area contributed by atoms with Crippen LogP contribution in [0.4, 0.5) is 0 Å². The van der Waals surface area contributed by atoms with Crippen LogP contribution < -0.4 is 0 Å². The van der Waals surface area contributed by atoms with Gasteiger partial charge in [0.2, 0.25) is 0 Å². The van der Waals surface area contributed by atoms with Gasteiger partial charge in [-0.1, -0.05) is 82.3 Å². The van der Waals surface area contributed by atoms with Crippen molar-refractivity contribution in [2.24, 2.45) is 16.7 Å². The highest BCUT2D eigenvalue weighted by Crippen LogP contribution is 2.64. The van der Waals surface area contributed by atoms with Gasteiger partial charge in [-0.05, 0) is 78.7 Å². The fourth-order valence-electron chi connectivity index (χ4n) is 10.5. The molecule has 2 saturated carbocycles. The summed E-state index contributed by atoms with van der Waals surface area (Å²) in [6.07, 6.45) is -4.85. The highest BCUT2D eigenvalue weighted by Gasteiger charge is 2.78. The molecule has 1 heterocycles. The van der Waals surface area contributed by atoms with Gasteiger partial charge in [-0.25, -0.2) is 9.59 Å². The van der Waals surface area contributed by atoms with Crippen LogP contribution in [0.25, 0.3) is 16.8 Å². The number of hydrogen-bond acceptors (Lipinski definition) is 13. The van der Waals surface area contributed by atoms with Crippen molar-refractivity contribution in [3.8, 4) is 0 Å². The predicted molar refractivity (Wildman–Crippen MR) is 228 cm³/mol. The topological polar surface area (TPSA) is 175 Å². The van der Waals surface area contributed by atoms with Crippen molar-refractivity contribution in [1.29, 1.82) is 0 Å². The van der Waals surface area contributed by atoms with E-state index in [2.05, 4.69) is 0 Å². The number of esters is 4. The third-order valence-corrected chi connectivity index (χ3v) is 14.1. The summed E-state index contributed by atoms with van der Waals surface area (Å²) in [4.78, 5) is 73.0. The number of nitrogens with zero attached hydrogens (tertiary/aromatic N) is 1. The molecule has 7 rings (SSSR count). The van der Waals surface area contributed by atoms with E-state index in [0.717, 1.165) is 16.3 Å². The van der Waals surface area contributed by atoms with Crippen molar-refractivity contribution >= 4 is 46.5 Å². The molecule has 62 heavy (non-hydrogen) atoms. The van der Waals surface area contributed by atoms with E-state index < -0.39 is 88.1 Å². The van der Waals surface area contributed by atoms with Crippen LogP contribution in [-0.2, 0) is 42.9 Å². The Morgan fingerprint density at radius 2 is 1.60 bits per heavy atom. The SMILES string of the molecule is CCN(CC)CCC(=O)O[C@H]1C(=O)C2(C)[C@@H](O)C[C@H]3OC[C@@]3(OC(C)=O)[C@H]2[C@H](OC(=O)c2ccccc2)[C@]2(O)C[C@H](OC(=O)/C=C/c3ccc4ccccc4c3)C(C)=C1C2(C)C. The fourth-order valence-corrected chi connectivity index (χ4v) is 10.5. The number of carbonyl (C=O) groups excluding carboxylic acids is 5. The zero-order valence-electron chi connectivity index (χ0n) is 36.4. The largest absolute Gasteiger partial charge is 0.455 e. The lowest BCUT2D eigenvalue weighted by Gasteiger charge is -2.67. The third kappa shape index (κ3) is 7.67. The van der Waals surface area contributed by atoms with Crippen LogP contribution in [0, 0.1) is 16.7 Å². The van der Waals surface area contributed by atoms with Crippen molar-refractivity contribution in [2.75, 3.05) is 26.2 Å². The molecular weight excluding hydrogens is 795 g/mol. The third-order valence-electron chi connectivity index (χ3n) is 14.1. The number of ether oxygens (including phenoxy) is 5. The number of carbonyl (C=O) groups is 5. The van der Waals surface area contributed by atoms with Gasteiger partial charge in [0.1, 0.15) is 23.9 Å². The minimum atomic E-state index is -2.25. The Kier molecular flexibility index (Phi) is 12.4. The second-order valence-electron chi connectivity index (χ2n) is 17.8. The Labute approximate surface area is 362 Å². The Morgan fingerprint density at radius 3 is 2.24 bits per heavy atom. The summed E-state index contributed by atoms with van der Waals surface area (Å²) in [6, 6.07) is 21.6. The molecule has 330 valence electrons. The van der Waals surface area contributed by atoms with E-state index >= 15 is 4.79 Å². The fraction of sp³-hybridized carbons (Fsp3) is 0.490. The van der Waals surface area contributed by atoms with E-state index in [1.165, 1.54) is 32.1 Å². The number of rotatable bonds is 12. The molecule has 1 unspecified atom stereocenters. The standard InChI is InChI=1S/C49H57NO12/c1-8-50(9-2)24-23-39(54)60-41-40-29(3)35(59-38(53)22-20-31-19-21-32-15-13-14-18-34(32)25-31)27-49(57,46(40,5)6)44(61-45(56)33-16-11-10-12-17-33)42-47(7,43(41)55)36(52)26-37-48(42,28-58-37)62-30(4)51/h10-22,25,35-37,41-42,44,52,57H,8-9,23-24,26-28H2,1-7H3/b22-20+/t35-,36-,37+,41+,42-,44-,47?,48-,49+/m0/s1. The van der Waals surface area contributed by atoms with E-state index in [4.69, 9.17) is 23.7 Å². The average molecular weight is 852 g/mol. The van der Waals surface area contributed by atoms with E-state index in [9.17, 15) is 29.4 Å². The zero-order valence-corrected chi connectivity index (χ0v) is 36.4.